The SMILES string of the molecule is CCC1CCCCC1N1CCCC1(CC)C(=O)O. The van der Waals surface area contributed by atoms with Crippen molar-refractivity contribution in [2.45, 2.75) is 76.8 Å². The Kier molecular flexibility index (Phi) is 4.31. The standard InChI is InChI=1S/C15H27NO2/c1-3-12-8-5-6-9-13(12)16-11-7-10-15(16,4-2)14(17)18/h12-13H,3-11H2,1-2H3,(H,17,18). The lowest BCUT2D eigenvalue weighted by Gasteiger charge is -2.45. The van der Waals surface area contributed by atoms with Crippen LogP contribution < -0.4 is 0 Å². The first-order valence-corrected chi connectivity index (χ1v) is 7.66. The molecule has 1 N–H and O–H groups in total. The van der Waals surface area contributed by atoms with E-state index in [1.54, 1.807) is 0 Å². The molecule has 2 aliphatic rings. The lowest BCUT2D eigenvalue weighted by Crippen LogP contribution is -2.56. The summed E-state index contributed by atoms with van der Waals surface area (Å²) in [5.41, 5.74) is -0.560. The van der Waals surface area contributed by atoms with Gasteiger partial charge in [-0.15, -0.1) is 0 Å². The number of nitrogens with zero attached hydrogens (tertiary/aromatic N) is 1. The largest absolute Gasteiger partial charge is 0.480 e. The Labute approximate surface area is 111 Å². The Morgan fingerprint density at radius 2 is 2.00 bits per heavy atom. The average Bonchev–Trinajstić information content (AvgIpc) is 2.83. The number of likely N-dealkylation sites (tertiary alicyclic amines) is 1. The van der Waals surface area contributed by atoms with Gasteiger partial charge in [0.25, 0.3) is 0 Å². The molecule has 2 rings (SSSR count). The number of carboxylic acids is 1. The third-order valence-electron chi connectivity index (χ3n) is 5.32. The van der Waals surface area contributed by atoms with Gasteiger partial charge in [-0.1, -0.05) is 33.1 Å². The van der Waals surface area contributed by atoms with Crippen molar-refractivity contribution in [3.05, 3.63) is 0 Å². The summed E-state index contributed by atoms with van der Waals surface area (Å²) in [5, 5.41) is 9.68. The molecule has 104 valence electrons. The zero-order chi connectivity index (χ0) is 13.2. The summed E-state index contributed by atoms with van der Waals surface area (Å²) in [7, 11) is 0. The van der Waals surface area contributed by atoms with Gasteiger partial charge in [0.1, 0.15) is 5.54 Å². The van der Waals surface area contributed by atoms with Crippen LogP contribution >= 0.6 is 0 Å². The van der Waals surface area contributed by atoms with Crippen LogP contribution in [0, 0.1) is 5.92 Å². The van der Waals surface area contributed by atoms with Crippen molar-refractivity contribution in [2.75, 3.05) is 6.54 Å². The Bertz CT molecular complexity index is 305. The average molecular weight is 253 g/mol. The maximum absolute atomic E-state index is 11.8. The van der Waals surface area contributed by atoms with Gasteiger partial charge >= 0.3 is 5.97 Å². The molecule has 1 saturated heterocycles. The highest BCUT2D eigenvalue weighted by Crippen LogP contribution is 2.41. The lowest BCUT2D eigenvalue weighted by molar-refractivity contribution is -0.152. The first kappa shape index (κ1) is 13.9. The molecule has 18 heavy (non-hydrogen) atoms. The van der Waals surface area contributed by atoms with E-state index in [-0.39, 0.29) is 0 Å². The van der Waals surface area contributed by atoms with E-state index < -0.39 is 11.5 Å². The first-order valence-electron chi connectivity index (χ1n) is 7.66. The van der Waals surface area contributed by atoms with Gasteiger partial charge in [0.2, 0.25) is 0 Å². The molecule has 3 atom stereocenters. The molecule has 0 radical (unpaired) electrons. The molecule has 1 saturated carbocycles. The van der Waals surface area contributed by atoms with E-state index in [2.05, 4.69) is 11.8 Å². The maximum Gasteiger partial charge on any atom is 0.324 e. The predicted octanol–water partition coefficient (Wildman–Crippen LogP) is 3.28. The van der Waals surface area contributed by atoms with Gasteiger partial charge in [-0.3, -0.25) is 9.69 Å². The number of hydrogen-bond acceptors (Lipinski definition) is 2. The highest BCUT2D eigenvalue weighted by molar-refractivity contribution is 5.79. The second-order valence-corrected chi connectivity index (χ2v) is 6.01. The van der Waals surface area contributed by atoms with E-state index in [9.17, 15) is 9.90 Å². The van der Waals surface area contributed by atoms with Crippen LogP contribution in [-0.4, -0.2) is 34.1 Å². The van der Waals surface area contributed by atoms with E-state index in [0.29, 0.717) is 12.0 Å². The maximum atomic E-state index is 11.8. The molecule has 2 fully saturated rings. The Balaban J connectivity index is 2.21. The molecule has 1 heterocycles. The second kappa shape index (κ2) is 5.60. The van der Waals surface area contributed by atoms with Gasteiger partial charge in [0.05, 0.1) is 0 Å². The summed E-state index contributed by atoms with van der Waals surface area (Å²) >= 11 is 0. The summed E-state index contributed by atoms with van der Waals surface area (Å²) in [6.45, 7) is 5.28. The molecule has 0 aromatic rings. The number of hydrogen-bond donors (Lipinski definition) is 1. The fourth-order valence-corrected chi connectivity index (χ4v) is 4.22. The van der Waals surface area contributed by atoms with E-state index in [1.165, 1.54) is 32.1 Å². The highest BCUT2D eigenvalue weighted by Gasteiger charge is 2.50. The second-order valence-electron chi connectivity index (χ2n) is 6.01. The van der Waals surface area contributed by atoms with Gasteiger partial charge < -0.3 is 5.11 Å². The topological polar surface area (TPSA) is 40.5 Å². The van der Waals surface area contributed by atoms with Crippen molar-refractivity contribution in [1.82, 2.24) is 4.90 Å². The van der Waals surface area contributed by atoms with E-state index >= 15 is 0 Å². The van der Waals surface area contributed by atoms with Crippen LogP contribution in [0.15, 0.2) is 0 Å². The van der Waals surface area contributed by atoms with Crippen molar-refractivity contribution in [1.29, 1.82) is 0 Å². The van der Waals surface area contributed by atoms with Crippen LogP contribution in [-0.2, 0) is 4.79 Å². The van der Waals surface area contributed by atoms with Crippen LogP contribution in [0.3, 0.4) is 0 Å². The Hall–Kier alpha value is -0.570. The van der Waals surface area contributed by atoms with Crippen molar-refractivity contribution in [3.63, 3.8) is 0 Å². The van der Waals surface area contributed by atoms with Gasteiger partial charge in [-0.2, -0.15) is 0 Å². The van der Waals surface area contributed by atoms with E-state index in [4.69, 9.17) is 0 Å². The quantitative estimate of drug-likeness (QED) is 0.836. The molecule has 3 heteroatoms. The minimum atomic E-state index is -0.595. The number of aliphatic carboxylic acids is 1. The van der Waals surface area contributed by atoms with Crippen molar-refractivity contribution in [3.8, 4) is 0 Å². The van der Waals surface area contributed by atoms with Crippen LogP contribution in [0.5, 0.6) is 0 Å². The number of carbonyl (C=O) groups is 1. The molecule has 0 aromatic carbocycles. The third-order valence-corrected chi connectivity index (χ3v) is 5.32. The molecule has 0 amide bonds. The summed E-state index contributed by atoms with van der Waals surface area (Å²) < 4.78 is 0. The van der Waals surface area contributed by atoms with Gasteiger partial charge in [-0.25, -0.2) is 0 Å². The molecule has 1 aliphatic heterocycles. The summed E-state index contributed by atoms with van der Waals surface area (Å²) in [4.78, 5) is 14.1. The predicted molar refractivity (Wildman–Crippen MR) is 72.6 cm³/mol. The van der Waals surface area contributed by atoms with Gasteiger partial charge in [0.15, 0.2) is 0 Å². The van der Waals surface area contributed by atoms with Crippen LogP contribution in [0.1, 0.15) is 65.2 Å². The van der Waals surface area contributed by atoms with Crippen molar-refractivity contribution in [2.24, 2.45) is 5.92 Å². The van der Waals surface area contributed by atoms with Crippen molar-refractivity contribution < 1.29 is 9.90 Å². The Morgan fingerprint density at radius 1 is 1.28 bits per heavy atom. The van der Waals surface area contributed by atoms with E-state index in [0.717, 1.165) is 25.8 Å². The van der Waals surface area contributed by atoms with Crippen LogP contribution in [0.4, 0.5) is 0 Å². The smallest absolute Gasteiger partial charge is 0.324 e. The lowest BCUT2D eigenvalue weighted by atomic mass is 9.79. The summed E-state index contributed by atoms with van der Waals surface area (Å²) in [6.07, 6.45) is 8.92. The van der Waals surface area contributed by atoms with Crippen LogP contribution in [0.2, 0.25) is 0 Å². The zero-order valence-corrected chi connectivity index (χ0v) is 11.8. The van der Waals surface area contributed by atoms with Crippen LogP contribution in [0.25, 0.3) is 0 Å². The minimum absolute atomic E-state index is 0.516. The van der Waals surface area contributed by atoms with Gasteiger partial charge in [0, 0.05) is 6.04 Å². The number of rotatable bonds is 4. The molecular weight excluding hydrogens is 226 g/mol. The Morgan fingerprint density at radius 3 is 2.61 bits per heavy atom. The first-order chi connectivity index (χ1) is 8.65. The summed E-state index contributed by atoms with van der Waals surface area (Å²) in [6, 6.07) is 0.516. The molecule has 0 spiro atoms. The minimum Gasteiger partial charge on any atom is -0.480 e. The fourth-order valence-electron chi connectivity index (χ4n) is 4.22. The zero-order valence-electron chi connectivity index (χ0n) is 11.8. The third kappa shape index (κ3) is 2.18. The molecule has 0 bridgehead atoms. The number of carboxylic acid groups (broad SMARTS) is 1. The normalized spacial score (nSPS) is 37.9. The van der Waals surface area contributed by atoms with Crippen molar-refractivity contribution >= 4 is 5.97 Å². The molecule has 1 aliphatic carbocycles. The monoisotopic (exact) mass is 253 g/mol. The molecule has 3 nitrogen and oxygen atoms in total. The summed E-state index contributed by atoms with van der Waals surface area (Å²) in [5.74, 6) is 0.116. The van der Waals surface area contributed by atoms with Gasteiger partial charge in [-0.05, 0) is 44.6 Å². The highest BCUT2D eigenvalue weighted by atomic mass is 16.4. The molecule has 3 unspecified atom stereocenters. The fraction of sp³-hybridized carbons (Fsp3) is 0.933. The molecule has 0 aromatic heterocycles. The van der Waals surface area contributed by atoms with E-state index in [1.807, 2.05) is 6.92 Å². The molecular formula is C15H27NO2.